The molecule has 1 unspecified atom stereocenters. The minimum Gasteiger partial charge on any atom is -0.306 e. The first-order valence-electron chi connectivity index (χ1n) is 8.01. The summed E-state index contributed by atoms with van der Waals surface area (Å²) in [5, 5.41) is 0. The van der Waals surface area contributed by atoms with Crippen LogP contribution < -0.4 is 5.69 Å². The molecule has 1 fully saturated rings. The van der Waals surface area contributed by atoms with Crippen molar-refractivity contribution in [2.45, 2.75) is 58.7 Å². The number of aromatic amines is 1. The summed E-state index contributed by atoms with van der Waals surface area (Å²) in [7, 11) is 0. The Labute approximate surface area is 125 Å². The smallest absolute Gasteiger partial charge is 0.306 e. The molecule has 21 heavy (non-hydrogen) atoms. The molecule has 0 amide bonds. The maximum Gasteiger partial charge on any atom is 0.326 e. The predicted molar refractivity (Wildman–Crippen MR) is 86.8 cm³/mol. The molecule has 0 aliphatic carbocycles. The van der Waals surface area contributed by atoms with Crippen LogP contribution in [0.25, 0.3) is 11.0 Å². The van der Waals surface area contributed by atoms with Crippen molar-refractivity contribution in [2.24, 2.45) is 0 Å². The second-order valence-corrected chi connectivity index (χ2v) is 6.54. The molecule has 0 radical (unpaired) electrons. The number of fused-ring (bicyclic) bond motifs is 1. The van der Waals surface area contributed by atoms with Crippen LogP contribution in [0.2, 0.25) is 0 Å². The van der Waals surface area contributed by atoms with Gasteiger partial charge in [-0.25, -0.2) is 4.79 Å². The summed E-state index contributed by atoms with van der Waals surface area (Å²) in [6.45, 7) is 8.49. The molecular formula is C17H25N3O. The van der Waals surface area contributed by atoms with Gasteiger partial charge in [-0.15, -0.1) is 0 Å². The molecule has 1 aromatic carbocycles. The largest absolute Gasteiger partial charge is 0.326 e. The number of likely N-dealkylation sites (tertiary alicyclic amines) is 1. The SMILES string of the molecule is Cc1ccc2c(c1)[nH]c(=O)n2CC1CCCCN1C(C)C. The van der Waals surface area contributed by atoms with E-state index in [1.165, 1.54) is 24.8 Å². The number of aromatic nitrogens is 2. The third-order valence-corrected chi connectivity index (χ3v) is 4.66. The normalized spacial score (nSPS) is 20.5. The van der Waals surface area contributed by atoms with Gasteiger partial charge < -0.3 is 4.98 Å². The summed E-state index contributed by atoms with van der Waals surface area (Å²) in [6.07, 6.45) is 3.73. The summed E-state index contributed by atoms with van der Waals surface area (Å²) >= 11 is 0. The highest BCUT2D eigenvalue weighted by Crippen LogP contribution is 2.22. The van der Waals surface area contributed by atoms with Crippen LogP contribution in [0.4, 0.5) is 0 Å². The Bertz CT molecular complexity index is 683. The van der Waals surface area contributed by atoms with E-state index in [0.717, 1.165) is 24.1 Å². The lowest BCUT2D eigenvalue weighted by Gasteiger charge is -2.38. The van der Waals surface area contributed by atoms with Crippen LogP contribution in [0.15, 0.2) is 23.0 Å². The summed E-state index contributed by atoms with van der Waals surface area (Å²) in [6, 6.07) is 7.20. The maximum atomic E-state index is 12.3. The van der Waals surface area contributed by atoms with Gasteiger partial charge in [0.15, 0.2) is 0 Å². The molecule has 1 N–H and O–H groups in total. The van der Waals surface area contributed by atoms with Crippen molar-refractivity contribution in [1.82, 2.24) is 14.5 Å². The number of rotatable bonds is 3. The molecule has 1 aliphatic rings. The first kappa shape index (κ1) is 14.4. The van der Waals surface area contributed by atoms with Gasteiger partial charge in [-0.2, -0.15) is 0 Å². The molecule has 1 aromatic heterocycles. The molecule has 0 bridgehead atoms. The zero-order valence-electron chi connectivity index (χ0n) is 13.2. The van der Waals surface area contributed by atoms with Crippen molar-refractivity contribution in [2.75, 3.05) is 6.54 Å². The number of benzene rings is 1. The van der Waals surface area contributed by atoms with E-state index in [4.69, 9.17) is 0 Å². The number of hydrogen-bond acceptors (Lipinski definition) is 2. The lowest BCUT2D eigenvalue weighted by molar-refractivity contribution is 0.0993. The molecule has 114 valence electrons. The van der Waals surface area contributed by atoms with Gasteiger partial charge in [0.1, 0.15) is 0 Å². The molecule has 1 atom stereocenters. The van der Waals surface area contributed by atoms with Crippen molar-refractivity contribution in [3.63, 3.8) is 0 Å². The molecule has 4 nitrogen and oxygen atoms in total. The highest BCUT2D eigenvalue weighted by atomic mass is 16.1. The quantitative estimate of drug-likeness (QED) is 0.943. The fourth-order valence-corrected chi connectivity index (χ4v) is 3.57. The van der Waals surface area contributed by atoms with Gasteiger partial charge in [0.05, 0.1) is 11.0 Å². The molecule has 2 aromatic rings. The second-order valence-electron chi connectivity index (χ2n) is 6.54. The van der Waals surface area contributed by atoms with Crippen LogP contribution in [0, 0.1) is 6.92 Å². The Morgan fingerprint density at radius 2 is 2.14 bits per heavy atom. The zero-order valence-corrected chi connectivity index (χ0v) is 13.2. The fourth-order valence-electron chi connectivity index (χ4n) is 3.57. The summed E-state index contributed by atoms with van der Waals surface area (Å²) < 4.78 is 1.92. The van der Waals surface area contributed by atoms with Crippen LogP contribution in [-0.4, -0.2) is 33.1 Å². The summed E-state index contributed by atoms with van der Waals surface area (Å²) in [4.78, 5) is 17.8. The van der Waals surface area contributed by atoms with Gasteiger partial charge >= 0.3 is 5.69 Å². The second kappa shape index (κ2) is 5.68. The monoisotopic (exact) mass is 287 g/mol. The van der Waals surface area contributed by atoms with Crippen LogP contribution >= 0.6 is 0 Å². The Hall–Kier alpha value is -1.55. The first-order chi connectivity index (χ1) is 10.1. The minimum atomic E-state index is 0.0184. The highest BCUT2D eigenvalue weighted by Gasteiger charge is 2.25. The van der Waals surface area contributed by atoms with E-state index in [-0.39, 0.29) is 5.69 Å². The van der Waals surface area contributed by atoms with Crippen LogP contribution in [-0.2, 0) is 6.54 Å². The van der Waals surface area contributed by atoms with E-state index in [0.29, 0.717) is 12.1 Å². The van der Waals surface area contributed by atoms with Crippen molar-refractivity contribution in [1.29, 1.82) is 0 Å². The highest BCUT2D eigenvalue weighted by molar-refractivity contribution is 5.75. The topological polar surface area (TPSA) is 41.0 Å². The van der Waals surface area contributed by atoms with Crippen molar-refractivity contribution in [3.8, 4) is 0 Å². The number of nitrogens with zero attached hydrogens (tertiary/aromatic N) is 2. The fraction of sp³-hybridized carbons (Fsp3) is 0.588. The molecular weight excluding hydrogens is 262 g/mol. The third kappa shape index (κ3) is 2.77. The van der Waals surface area contributed by atoms with Crippen molar-refractivity contribution < 1.29 is 0 Å². The summed E-state index contributed by atoms with van der Waals surface area (Å²) in [5.74, 6) is 0. The van der Waals surface area contributed by atoms with Gasteiger partial charge in [-0.3, -0.25) is 9.47 Å². The Kier molecular flexibility index (Phi) is 3.89. The lowest BCUT2D eigenvalue weighted by Crippen LogP contribution is -2.46. The van der Waals surface area contributed by atoms with Gasteiger partial charge in [0.2, 0.25) is 0 Å². The van der Waals surface area contributed by atoms with E-state index in [2.05, 4.69) is 42.8 Å². The van der Waals surface area contributed by atoms with Crippen molar-refractivity contribution >= 4 is 11.0 Å². The number of H-pyrrole nitrogens is 1. The molecule has 1 aliphatic heterocycles. The number of piperidine rings is 1. The van der Waals surface area contributed by atoms with Gasteiger partial charge in [-0.05, 0) is 57.9 Å². The molecule has 4 heteroatoms. The first-order valence-corrected chi connectivity index (χ1v) is 8.01. The third-order valence-electron chi connectivity index (χ3n) is 4.66. The average molecular weight is 287 g/mol. The van der Waals surface area contributed by atoms with Crippen LogP contribution in [0.1, 0.15) is 38.7 Å². The van der Waals surface area contributed by atoms with Crippen molar-refractivity contribution in [3.05, 3.63) is 34.2 Å². The number of hydrogen-bond donors (Lipinski definition) is 1. The van der Waals surface area contributed by atoms with E-state index < -0.39 is 0 Å². The Balaban J connectivity index is 1.93. The minimum absolute atomic E-state index is 0.0184. The number of imidazole rings is 1. The zero-order chi connectivity index (χ0) is 15.0. The number of nitrogens with one attached hydrogen (secondary N) is 1. The molecule has 1 saturated heterocycles. The average Bonchev–Trinajstić information content (AvgIpc) is 2.74. The molecule has 0 spiro atoms. The van der Waals surface area contributed by atoms with E-state index >= 15 is 0 Å². The Morgan fingerprint density at radius 3 is 2.90 bits per heavy atom. The predicted octanol–water partition coefficient (Wildman–Crippen LogP) is 2.90. The summed E-state index contributed by atoms with van der Waals surface area (Å²) in [5.41, 5.74) is 3.18. The van der Waals surface area contributed by atoms with Gasteiger partial charge in [-0.1, -0.05) is 12.5 Å². The van der Waals surface area contributed by atoms with E-state index in [9.17, 15) is 4.79 Å². The van der Waals surface area contributed by atoms with E-state index in [1.54, 1.807) is 0 Å². The Morgan fingerprint density at radius 1 is 1.33 bits per heavy atom. The van der Waals surface area contributed by atoms with E-state index in [1.807, 2.05) is 10.6 Å². The lowest BCUT2D eigenvalue weighted by atomic mass is 10.00. The van der Waals surface area contributed by atoms with Gasteiger partial charge in [0, 0.05) is 18.6 Å². The maximum absolute atomic E-state index is 12.3. The number of aryl methyl sites for hydroxylation is 1. The van der Waals surface area contributed by atoms with Gasteiger partial charge in [0.25, 0.3) is 0 Å². The molecule has 0 saturated carbocycles. The molecule has 2 heterocycles. The van der Waals surface area contributed by atoms with Crippen LogP contribution in [0.5, 0.6) is 0 Å². The molecule has 3 rings (SSSR count). The standard InChI is InChI=1S/C17H25N3O/c1-12(2)19-9-5-4-6-14(19)11-20-16-8-7-13(3)10-15(16)18-17(20)21/h7-8,10,12,14H,4-6,9,11H2,1-3H3,(H,18,21). The van der Waals surface area contributed by atoms with Crippen LogP contribution in [0.3, 0.4) is 0 Å².